The number of H-pyrrole nitrogens is 1. The maximum absolute atomic E-state index is 10.5. The number of fused-ring (bicyclic) bond motifs is 1. The Bertz CT molecular complexity index is 975. The molecule has 4 rings (SSSR count). The summed E-state index contributed by atoms with van der Waals surface area (Å²) >= 11 is 3.50. The predicted molar refractivity (Wildman–Crippen MR) is 98.6 cm³/mol. The van der Waals surface area contributed by atoms with Crippen LogP contribution in [0.2, 0.25) is 0 Å². The standard InChI is InChI=1S/C19H16BrN3O/c20-15-6-7-16-14(8-15)9-17(22-16)18-10-21-12-23(18)11-19(24)13-4-2-1-3-5-13/h1-10,12,19,22,24H,11H2. The summed E-state index contributed by atoms with van der Waals surface area (Å²) in [5.41, 5.74) is 3.92. The number of aromatic nitrogens is 3. The predicted octanol–water partition coefficient (Wildman–Crippen LogP) is 4.53. The van der Waals surface area contributed by atoms with Gasteiger partial charge in [0.05, 0.1) is 36.6 Å². The number of imidazole rings is 1. The minimum Gasteiger partial charge on any atom is -0.387 e. The highest BCUT2D eigenvalue weighted by atomic mass is 79.9. The first-order chi connectivity index (χ1) is 11.7. The minimum atomic E-state index is -0.572. The van der Waals surface area contributed by atoms with Crippen LogP contribution < -0.4 is 0 Å². The summed E-state index contributed by atoms with van der Waals surface area (Å²) in [5, 5.41) is 11.6. The lowest BCUT2D eigenvalue weighted by Crippen LogP contribution is -2.09. The van der Waals surface area contributed by atoms with Gasteiger partial charge in [0.1, 0.15) is 0 Å². The van der Waals surface area contributed by atoms with Gasteiger partial charge in [0.25, 0.3) is 0 Å². The van der Waals surface area contributed by atoms with E-state index < -0.39 is 6.10 Å². The van der Waals surface area contributed by atoms with Crippen molar-refractivity contribution in [2.75, 3.05) is 0 Å². The molecule has 2 aromatic heterocycles. The highest BCUT2D eigenvalue weighted by molar-refractivity contribution is 9.10. The number of aliphatic hydroxyl groups is 1. The number of benzene rings is 2. The summed E-state index contributed by atoms with van der Waals surface area (Å²) < 4.78 is 3.02. The quantitative estimate of drug-likeness (QED) is 0.545. The number of hydrogen-bond acceptors (Lipinski definition) is 2. The van der Waals surface area contributed by atoms with E-state index in [9.17, 15) is 5.11 Å². The monoisotopic (exact) mass is 381 g/mol. The highest BCUT2D eigenvalue weighted by Crippen LogP contribution is 2.27. The Labute approximate surface area is 147 Å². The molecule has 24 heavy (non-hydrogen) atoms. The molecule has 0 aliphatic heterocycles. The van der Waals surface area contributed by atoms with Crippen LogP contribution in [0.25, 0.3) is 22.3 Å². The molecule has 2 aromatic carbocycles. The molecule has 0 fully saturated rings. The van der Waals surface area contributed by atoms with E-state index in [1.807, 2.05) is 53.2 Å². The lowest BCUT2D eigenvalue weighted by molar-refractivity contribution is 0.157. The first kappa shape index (κ1) is 15.2. The average molecular weight is 382 g/mol. The van der Waals surface area contributed by atoms with Crippen molar-refractivity contribution in [1.29, 1.82) is 0 Å². The number of rotatable bonds is 4. The van der Waals surface area contributed by atoms with Crippen molar-refractivity contribution in [2.45, 2.75) is 12.6 Å². The first-order valence-corrected chi connectivity index (χ1v) is 8.52. The molecule has 4 aromatic rings. The molecule has 2 heterocycles. The molecular formula is C19H16BrN3O. The first-order valence-electron chi connectivity index (χ1n) is 7.72. The van der Waals surface area contributed by atoms with Gasteiger partial charge in [0.15, 0.2) is 0 Å². The van der Waals surface area contributed by atoms with Gasteiger partial charge in [-0.25, -0.2) is 4.98 Å². The number of aliphatic hydroxyl groups excluding tert-OH is 1. The maximum atomic E-state index is 10.5. The third-order valence-electron chi connectivity index (χ3n) is 4.13. The summed E-state index contributed by atoms with van der Waals surface area (Å²) in [4.78, 5) is 7.67. The average Bonchev–Trinajstić information content (AvgIpc) is 3.21. The molecular weight excluding hydrogens is 366 g/mol. The van der Waals surface area contributed by atoms with E-state index in [-0.39, 0.29) is 0 Å². The van der Waals surface area contributed by atoms with Crippen LogP contribution in [-0.4, -0.2) is 19.6 Å². The molecule has 0 saturated carbocycles. The molecule has 120 valence electrons. The molecule has 1 atom stereocenters. The Hall–Kier alpha value is -2.37. The zero-order chi connectivity index (χ0) is 16.5. The van der Waals surface area contributed by atoms with Crippen molar-refractivity contribution in [2.24, 2.45) is 0 Å². The molecule has 0 bridgehead atoms. The normalized spacial score (nSPS) is 12.6. The fourth-order valence-electron chi connectivity index (χ4n) is 2.90. The minimum absolute atomic E-state index is 0.457. The van der Waals surface area contributed by atoms with Crippen molar-refractivity contribution in [3.05, 3.63) is 77.2 Å². The Morgan fingerprint density at radius 1 is 1.12 bits per heavy atom. The summed E-state index contributed by atoms with van der Waals surface area (Å²) in [7, 11) is 0. The lowest BCUT2D eigenvalue weighted by atomic mass is 10.1. The van der Waals surface area contributed by atoms with Gasteiger partial charge in [-0.05, 0) is 29.8 Å². The van der Waals surface area contributed by atoms with Crippen molar-refractivity contribution in [1.82, 2.24) is 14.5 Å². The van der Waals surface area contributed by atoms with Gasteiger partial charge < -0.3 is 14.7 Å². The van der Waals surface area contributed by atoms with Crippen molar-refractivity contribution in [3.8, 4) is 11.4 Å². The van der Waals surface area contributed by atoms with Crippen LogP contribution in [0.15, 0.2) is 71.6 Å². The highest BCUT2D eigenvalue weighted by Gasteiger charge is 2.13. The summed E-state index contributed by atoms with van der Waals surface area (Å²) in [6.07, 6.45) is 3.00. The second kappa shape index (κ2) is 6.26. The van der Waals surface area contributed by atoms with Gasteiger partial charge in [-0.15, -0.1) is 0 Å². The Morgan fingerprint density at radius 3 is 2.79 bits per heavy atom. The van der Waals surface area contributed by atoms with Crippen molar-refractivity contribution in [3.63, 3.8) is 0 Å². The Kier molecular flexibility index (Phi) is 3.96. The molecule has 0 saturated heterocycles. The molecule has 0 aliphatic rings. The van der Waals surface area contributed by atoms with E-state index in [0.717, 1.165) is 32.3 Å². The zero-order valence-electron chi connectivity index (χ0n) is 12.9. The molecule has 2 N–H and O–H groups in total. The van der Waals surface area contributed by atoms with Crippen LogP contribution in [0.3, 0.4) is 0 Å². The fraction of sp³-hybridized carbons (Fsp3) is 0.105. The lowest BCUT2D eigenvalue weighted by Gasteiger charge is -2.13. The van der Waals surface area contributed by atoms with E-state index in [1.165, 1.54) is 0 Å². The number of hydrogen-bond donors (Lipinski definition) is 2. The molecule has 0 spiro atoms. The number of nitrogens with zero attached hydrogens (tertiary/aromatic N) is 2. The third-order valence-corrected chi connectivity index (χ3v) is 4.62. The van der Waals surface area contributed by atoms with Crippen LogP contribution in [0, 0.1) is 0 Å². The van der Waals surface area contributed by atoms with Gasteiger partial charge in [-0.3, -0.25) is 0 Å². The van der Waals surface area contributed by atoms with Crippen LogP contribution in [0.5, 0.6) is 0 Å². The number of halogens is 1. The van der Waals surface area contributed by atoms with Gasteiger partial charge in [0.2, 0.25) is 0 Å². The molecule has 5 heteroatoms. The van der Waals surface area contributed by atoms with E-state index in [1.54, 1.807) is 6.33 Å². The Morgan fingerprint density at radius 2 is 1.96 bits per heavy atom. The fourth-order valence-corrected chi connectivity index (χ4v) is 3.28. The molecule has 1 unspecified atom stereocenters. The second-order valence-electron chi connectivity index (χ2n) is 5.77. The van der Waals surface area contributed by atoms with Crippen LogP contribution in [-0.2, 0) is 6.54 Å². The topological polar surface area (TPSA) is 53.8 Å². The summed E-state index contributed by atoms with van der Waals surface area (Å²) in [6, 6.07) is 17.9. The van der Waals surface area contributed by atoms with Crippen LogP contribution in [0.4, 0.5) is 0 Å². The summed E-state index contributed by atoms with van der Waals surface area (Å²) in [6.45, 7) is 0.457. The number of nitrogens with one attached hydrogen (secondary N) is 1. The largest absolute Gasteiger partial charge is 0.387 e. The van der Waals surface area contributed by atoms with Gasteiger partial charge in [-0.1, -0.05) is 46.3 Å². The smallest absolute Gasteiger partial charge is 0.0969 e. The van der Waals surface area contributed by atoms with Crippen LogP contribution >= 0.6 is 15.9 Å². The zero-order valence-corrected chi connectivity index (χ0v) is 14.4. The molecule has 0 radical (unpaired) electrons. The van der Waals surface area contributed by atoms with Gasteiger partial charge >= 0.3 is 0 Å². The maximum Gasteiger partial charge on any atom is 0.0969 e. The molecule has 0 aliphatic carbocycles. The van der Waals surface area contributed by atoms with Crippen molar-refractivity contribution >= 4 is 26.8 Å². The van der Waals surface area contributed by atoms with Crippen LogP contribution in [0.1, 0.15) is 11.7 Å². The van der Waals surface area contributed by atoms with E-state index in [4.69, 9.17) is 0 Å². The molecule has 0 amide bonds. The van der Waals surface area contributed by atoms with Crippen molar-refractivity contribution < 1.29 is 5.11 Å². The number of aromatic amines is 1. The third kappa shape index (κ3) is 2.88. The SMILES string of the molecule is OC(Cn1cncc1-c1cc2cc(Br)ccc2[nH]1)c1ccccc1. The van der Waals surface area contributed by atoms with Gasteiger partial charge in [0, 0.05) is 15.4 Å². The van der Waals surface area contributed by atoms with E-state index in [0.29, 0.717) is 6.54 Å². The van der Waals surface area contributed by atoms with Gasteiger partial charge in [-0.2, -0.15) is 0 Å². The van der Waals surface area contributed by atoms with E-state index >= 15 is 0 Å². The summed E-state index contributed by atoms with van der Waals surface area (Å²) in [5.74, 6) is 0. The molecule has 4 nitrogen and oxygen atoms in total. The Balaban J connectivity index is 1.66. The second-order valence-corrected chi connectivity index (χ2v) is 6.69. The van der Waals surface area contributed by atoms with E-state index in [2.05, 4.69) is 38.0 Å².